The molecule has 30 heavy (non-hydrogen) atoms. The lowest BCUT2D eigenvalue weighted by Crippen LogP contribution is -2.67. The highest BCUT2D eigenvalue weighted by molar-refractivity contribution is 5.69. The van der Waals surface area contributed by atoms with Crippen LogP contribution in [0.25, 0.3) is 0 Å². The summed E-state index contributed by atoms with van der Waals surface area (Å²) in [4.78, 5) is 16.2. The lowest BCUT2D eigenvalue weighted by Gasteiger charge is -2.58. The van der Waals surface area contributed by atoms with Crippen molar-refractivity contribution in [1.82, 2.24) is 9.80 Å². The first-order valence-corrected chi connectivity index (χ1v) is 10.5. The van der Waals surface area contributed by atoms with E-state index >= 15 is 0 Å². The molecule has 2 aliphatic rings. The average Bonchev–Trinajstić information content (AvgIpc) is 2.70. The van der Waals surface area contributed by atoms with Crippen LogP contribution < -0.4 is 0 Å². The van der Waals surface area contributed by atoms with Crippen LogP contribution in [-0.2, 0) is 23.1 Å². The van der Waals surface area contributed by atoms with Gasteiger partial charge < -0.3 is 15.1 Å². The van der Waals surface area contributed by atoms with Crippen LogP contribution in [0.1, 0.15) is 30.0 Å². The van der Waals surface area contributed by atoms with E-state index in [0.717, 1.165) is 30.5 Å². The summed E-state index contributed by atoms with van der Waals surface area (Å²) in [5, 5.41) is 19.8. The maximum atomic E-state index is 13.3. The third kappa shape index (κ3) is 3.82. The molecule has 0 amide bonds. The van der Waals surface area contributed by atoms with E-state index in [1.54, 1.807) is 18.2 Å². The van der Waals surface area contributed by atoms with E-state index < -0.39 is 5.97 Å². The van der Waals surface area contributed by atoms with Crippen molar-refractivity contribution in [2.75, 3.05) is 26.7 Å². The second kappa shape index (κ2) is 8.00. The Morgan fingerprint density at radius 1 is 1.27 bits per heavy atom. The summed E-state index contributed by atoms with van der Waals surface area (Å²) in [5.74, 6) is -0.865. The minimum absolute atomic E-state index is 0.0158. The van der Waals surface area contributed by atoms with Crippen molar-refractivity contribution < 1.29 is 19.4 Å². The highest BCUT2D eigenvalue weighted by atomic mass is 19.1. The van der Waals surface area contributed by atoms with Crippen molar-refractivity contribution in [3.05, 3.63) is 65.0 Å². The first-order chi connectivity index (χ1) is 14.3. The molecule has 2 aromatic rings. The molecule has 5 nitrogen and oxygen atoms in total. The van der Waals surface area contributed by atoms with Gasteiger partial charge >= 0.3 is 5.97 Å². The fourth-order valence-electron chi connectivity index (χ4n) is 5.51. The number of likely N-dealkylation sites (tertiary alicyclic amines) is 1. The minimum atomic E-state index is -0.847. The SMILES string of the molecule is CN1CC[C@@]2(C)c3cc(O)ccc3C[C@@H]1[C@H]2N(CCc1ccc(F)cc1)CC(=O)O. The summed E-state index contributed by atoms with van der Waals surface area (Å²) in [6.45, 7) is 3.68. The molecule has 0 spiro atoms. The second-order valence-electron chi connectivity index (χ2n) is 8.95. The number of likely N-dealkylation sites (N-methyl/N-ethyl adjacent to an activating group) is 1. The predicted octanol–water partition coefficient (Wildman–Crippen LogP) is 3.05. The van der Waals surface area contributed by atoms with E-state index in [1.165, 1.54) is 17.7 Å². The number of nitrogens with zero attached hydrogens (tertiary/aromatic N) is 2. The van der Waals surface area contributed by atoms with Crippen LogP contribution in [0.5, 0.6) is 5.75 Å². The molecular formula is C24H29FN2O3. The van der Waals surface area contributed by atoms with Crippen molar-refractivity contribution >= 4 is 5.97 Å². The molecule has 4 rings (SSSR count). The summed E-state index contributed by atoms with van der Waals surface area (Å²) in [5.41, 5.74) is 3.11. The number of phenolic OH excluding ortho intramolecular Hbond substituents is 1. The largest absolute Gasteiger partial charge is 0.508 e. The molecule has 1 fully saturated rings. The zero-order valence-electron chi connectivity index (χ0n) is 17.5. The van der Waals surface area contributed by atoms with E-state index in [2.05, 4.69) is 23.8 Å². The number of hydrogen-bond donors (Lipinski definition) is 2. The zero-order valence-corrected chi connectivity index (χ0v) is 17.5. The fourth-order valence-corrected chi connectivity index (χ4v) is 5.51. The van der Waals surface area contributed by atoms with Gasteiger partial charge in [-0.15, -0.1) is 0 Å². The molecule has 1 saturated heterocycles. The van der Waals surface area contributed by atoms with Gasteiger partial charge in [-0.2, -0.15) is 0 Å². The van der Waals surface area contributed by atoms with E-state index in [-0.39, 0.29) is 35.6 Å². The smallest absolute Gasteiger partial charge is 0.317 e. The van der Waals surface area contributed by atoms with Crippen molar-refractivity contribution in [2.24, 2.45) is 0 Å². The normalized spacial score (nSPS) is 25.9. The van der Waals surface area contributed by atoms with Gasteiger partial charge in [0.05, 0.1) is 6.54 Å². The van der Waals surface area contributed by atoms with Crippen molar-refractivity contribution in [3.63, 3.8) is 0 Å². The summed E-state index contributed by atoms with van der Waals surface area (Å²) in [6, 6.07) is 12.2. The molecule has 2 N–H and O–H groups in total. The molecule has 1 aliphatic carbocycles. The number of hydrogen-bond acceptors (Lipinski definition) is 4. The Morgan fingerprint density at radius 2 is 2.00 bits per heavy atom. The molecule has 3 atom stereocenters. The van der Waals surface area contributed by atoms with Crippen LogP contribution in [0.3, 0.4) is 0 Å². The van der Waals surface area contributed by atoms with Crippen LogP contribution in [0.4, 0.5) is 4.39 Å². The van der Waals surface area contributed by atoms with Crippen LogP contribution in [0.2, 0.25) is 0 Å². The van der Waals surface area contributed by atoms with E-state index in [4.69, 9.17) is 0 Å². The summed E-state index contributed by atoms with van der Waals surface area (Å²) < 4.78 is 13.3. The summed E-state index contributed by atoms with van der Waals surface area (Å²) in [6.07, 6.45) is 2.39. The molecule has 2 aromatic carbocycles. The number of piperidine rings is 1. The molecule has 0 aromatic heterocycles. The van der Waals surface area contributed by atoms with Crippen molar-refractivity contribution in [3.8, 4) is 5.75 Å². The molecule has 0 radical (unpaired) electrons. The lowest BCUT2D eigenvalue weighted by molar-refractivity contribution is -0.140. The summed E-state index contributed by atoms with van der Waals surface area (Å²) in [7, 11) is 2.11. The van der Waals surface area contributed by atoms with Crippen LogP contribution >= 0.6 is 0 Å². The van der Waals surface area contributed by atoms with Gasteiger partial charge in [0.25, 0.3) is 0 Å². The number of halogens is 1. The van der Waals surface area contributed by atoms with E-state index in [9.17, 15) is 19.4 Å². The quantitative estimate of drug-likeness (QED) is 0.764. The number of aliphatic carboxylic acids is 1. The monoisotopic (exact) mass is 412 g/mol. The molecule has 1 aliphatic heterocycles. The topological polar surface area (TPSA) is 64.0 Å². The van der Waals surface area contributed by atoms with Gasteiger partial charge in [-0.05, 0) is 73.8 Å². The molecule has 0 unspecified atom stereocenters. The Hall–Kier alpha value is -2.44. The highest BCUT2D eigenvalue weighted by Gasteiger charge is 2.52. The van der Waals surface area contributed by atoms with Gasteiger partial charge in [-0.25, -0.2) is 4.39 Å². The first-order valence-electron chi connectivity index (χ1n) is 10.5. The average molecular weight is 413 g/mol. The predicted molar refractivity (Wildman–Crippen MR) is 113 cm³/mol. The summed E-state index contributed by atoms with van der Waals surface area (Å²) >= 11 is 0. The van der Waals surface area contributed by atoms with Gasteiger partial charge in [-0.3, -0.25) is 9.69 Å². The molecule has 2 bridgehead atoms. The first kappa shape index (κ1) is 20.8. The Morgan fingerprint density at radius 3 is 2.70 bits per heavy atom. The molecule has 1 heterocycles. The molecule has 6 heteroatoms. The number of rotatable bonds is 6. The van der Waals surface area contributed by atoms with Crippen LogP contribution in [0.15, 0.2) is 42.5 Å². The second-order valence-corrected chi connectivity index (χ2v) is 8.95. The standard InChI is InChI=1S/C24H29FN2O3/c1-24-10-12-26(2)21(13-17-5-8-19(28)14-20(17)24)23(24)27(15-22(29)30)11-9-16-3-6-18(25)7-4-16/h3-8,14,21,23,28H,9-13,15H2,1-2H3,(H,29,30)/t21-,23-,24+/m1/s1. The van der Waals surface area contributed by atoms with E-state index in [0.29, 0.717) is 13.0 Å². The lowest BCUT2D eigenvalue weighted by atomic mass is 9.61. The van der Waals surface area contributed by atoms with Crippen LogP contribution in [-0.4, -0.2) is 64.7 Å². The molecule has 160 valence electrons. The number of carboxylic acids is 1. The Labute approximate surface area is 176 Å². The maximum absolute atomic E-state index is 13.3. The third-order valence-electron chi connectivity index (χ3n) is 7.04. The number of carboxylic acid groups (broad SMARTS) is 1. The number of benzene rings is 2. The minimum Gasteiger partial charge on any atom is -0.508 e. The molecule has 0 saturated carbocycles. The van der Waals surface area contributed by atoms with E-state index in [1.807, 2.05) is 12.1 Å². The zero-order chi connectivity index (χ0) is 21.5. The van der Waals surface area contributed by atoms with Crippen molar-refractivity contribution in [1.29, 1.82) is 0 Å². The van der Waals surface area contributed by atoms with Gasteiger partial charge in [0, 0.05) is 24.0 Å². The molecular weight excluding hydrogens is 383 g/mol. The highest BCUT2D eigenvalue weighted by Crippen LogP contribution is 2.47. The Bertz CT molecular complexity index is 933. The number of aromatic hydroxyl groups is 1. The van der Waals surface area contributed by atoms with Crippen LogP contribution in [0, 0.1) is 5.82 Å². The van der Waals surface area contributed by atoms with Gasteiger partial charge in [0.2, 0.25) is 0 Å². The van der Waals surface area contributed by atoms with Gasteiger partial charge in [0.1, 0.15) is 11.6 Å². The number of phenols is 1. The fraction of sp³-hybridized carbons (Fsp3) is 0.458. The number of carbonyl (C=O) groups is 1. The number of fused-ring (bicyclic) bond motifs is 4. The van der Waals surface area contributed by atoms with Gasteiger partial charge in [0.15, 0.2) is 0 Å². The van der Waals surface area contributed by atoms with Gasteiger partial charge in [-0.1, -0.05) is 25.1 Å². The Kier molecular flexibility index (Phi) is 5.55. The maximum Gasteiger partial charge on any atom is 0.317 e. The third-order valence-corrected chi connectivity index (χ3v) is 7.04. The van der Waals surface area contributed by atoms with Crippen molar-refractivity contribution in [2.45, 2.75) is 43.7 Å². The Balaban J connectivity index is 1.69.